The summed E-state index contributed by atoms with van der Waals surface area (Å²) in [6.45, 7) is 0. The maximum absolute atomic E-state index is 6.04. The van der Waals surface area contributed by atoms with Crippen LogP contribution in [0, 0.1) is 0 Å². The Morgan fingerprint density at radius 1 is 0.697 bits per heavy atom. The highest BCUT2D eigenvalue weighted by molar-refractivity contribution is 8.15. The molecule has 0 saturated carbocycles. The van der Waals surface area contributed by atoms with Crippen LogP contribution in [-0.2, 0) is 6.42 Å². The van der Waals surface area contributed by atoms with Crippen LogP contribution in [0.1, 0.15) is 5.56 Å². The van der Waals surface area contributed by atoms with E-state index in [1.165, 1.54) is 49.7 Å². The molecular weight excluding hydrogens is 462 g/mol. The van der Waals surface area contributed by atoms with Gasteiger partial charge in [-0.1, -0.05) is 107 Å². The Balaban J connectivity index is 1.55. The number of aryl methyl sites for hydroxylation is 1. The second kappa shape index (κ2) is 10.2. The minimum atomic E-state index is 0.757. The molecule has 0 N–H and O–H groups in total. The van der Waals surface area contributed by atoms with Crippen molar-refractivity contribution in [1.82, 2.24) is 0 Å². The van der Waals surface area contributed by atoms with Crippen LogP contribution in [0.15, 0.2) is 97.1 Å². The Morgan fingerprint density at radius 3 is 2.03 bits per heavy atom. The van der Waals surface area contributed by atoms with E-state index < -0.39 is 0 Å². The predicted octanol–water partition coefficient (Wildman–Crippen LogP) is 8.46. The molecule has 0 aliphatic carbocycles. The normalized spacial score (nSPS) is 11.9. The molecule has 0 aliphatic rings. The molecule has 5 aromatic carbocycles. The number of hydrogen-bond donors (Lipinski definition) is 0. The molecule has 0 spiro atoms. The van der Waals surface area contributed by atoms with Crippen molar-refractivity contribution in [3.8, 4) is 16.9 Å². The molecule has 164 valence electrons. The quantitative estimate of drug-likeness (QED) is 0.165. The summed E-state index contributed by atoms with van der Waals surface area (Å²) < 4.78 is 5.90. The highest BCUT2D eigenvalue weighted by atomic mass is 35.5. The molecule has 0 bridgehead atoms. The summed E-state index contributed by atoms with van der Waals surface area (Å²) in [5.41, 5.74) is 3.88. The smallest absolute Gasteiger partial charge is 0.127 e. The lowest BCUT2D eigenvalue weighted by atomic mass is 9.93. The van der Waals surface area contributed by atoms with Gasteiger partial charge in [0.05, 0.1) is 7.11 Å². The van der Waals surface area contributed by atoms with E-state index in [1.54, 1.807) is 7.11 Å². The molecule has 2 unspecified atom stereocenters. The van der Waals surface area contributed by atoms with Gasteiger partial charge in [0, 0.05) is 16.1 Å². The number of fused-ring (bicyclic) bond motifs is 2. The molecular formula is C29H25ClOP2. The number of halogens is 1. The summed E-state index contributed by atoms with van der Waals surface area (Å²) in [5, 5.41) is 7.25. The molecule has 5 aromatic rings. The summed E-state index contributed by atoms with van der Waals surface area (Å²) in [4.78, 5) is 0. The van der Waals surface area contributed by atoms with Gasteiger partial charge < -0.3 is 4.74 Å². The van der Waals surface area contributed by atoms with Crippen molar-refractivity contribution < 1.29 is 4.74 Å². The van der Waals surface area contributed by atoms with E-state index in [0.29, 0.717) is 0 Å². The monoisotopic (exact) mass is 486 g/mol. The molecule has 4 heteroatoms. The molecule has 0 fully saturated rings. The second-order valence-corrected chi connectivity index (χ2v) is 11.9. The van der Waals surface area contributed by atoms with E-state index in [0.717, 1.165) is 33.7 Å². The van der Waals surface area contributed by atoms with Crippen LogP contribution in [0.3, 0.4) is 0 Å². The van der Waals surface area contributed by atoms with Crippen LogP contribution in [0.4, 0.5) is 0 Å². The Labute approximate surface area is 203 Å². The van der Waals surface area contributed by atoms with Gasteiger partial charge >= 0.3 is 0 Å². The molecule has 1 nitrogen and oxygen atoms in total. The highest BCUT2D eigenvalue weighted by Crippen LogP contribution is 2.45. The van der Waals surface area contributed by atoms with E-state index in [9.17, 15) is 0 Å². The third kappa shape index (κ3) is 4.78. The first kappa shape index (κ1) is 22.4. The van der Waals surface area contributed by atoms with Gasteiger partial charge in [-0.25, -0.2) is 0 Å². The van der Waals surface area contributed by atoms with E-state index >= 15 is 0 Å². The third-order valence-corrected chi connectivity index (χ3v) is 9.67. The van der Waals surface area contributed by atoms with Gasteiger partial charge in [-0.05, 0) is 63.2 Å². The predicted molar refractivity (Wildman–Crippen MR) is 150 cm³/mol. The summed E-state index contributed by atoms with van der Waals surface area (Å²) in [6, 6.07) is 34.4. The van der Waals surface area contributed by atoms with E-state index in [1.807, 2.05) is 12.1 Å². The molecule has 33 heavy (non-hydrogen) atoms. The first-order valence-corrected chi connectivity index (χ1v) is 14.6. The van der Waals surface area contributed by atoms with Gasteiger partial charge in [-0.2, -0.15) is 0 Å². The average Bonchev–Trinajstić information content (AvgIpc) is 2.87. The summed E-state index contributed by atoms with van der Waals surface area (Å²) in [5.74, 6) is 0.931. The molecule has 2 atom stereocenters. The highest BCUT2D eigenvalue weighted by Gasteiger charge is 2.17. The number of benzene rings is 5. The lowest BCUT2D eigenvalue weighted by Gasteiger charge is -2.18. The van der Waals surface area contributed by atoms with Crippen LogP contribution < -0.4 is 10.0 Å². The largest absolute Gasteiger partial charge is 0.496 e. The van der Waals surface area contributed by atoms with Crippen molar-refractivity contribution in [1.29, 1.82) is 0 Å². The van der Waals surface area contributed by atoms with Gasteiger partial charge in [-0.3, -0.25) is 0 Å². The molecule has 0 aromatic heterocycles. The van der Waals surface area contributed by atoms with Gasteiger partial charge in [0.2, 0.25) is 0 Å². The van der Waals surface area contributed by atoms with Gasteiger partial charge in [0.1, 0.15) is 5.75 Å². The van der Waals surface area contributed by atoms with Crippen LogP contribution in [-0.4, -0.2) is 13.3 Å². The lowest BCUT2D eigenvalue weighted by Crippen LogP contribution is -2.02. The standard InChI is InChI=1S/C29H25ClOP2/c1-31-26-16-12-21-6-2-4-8-24(21)28(26)29-25-9-5-3-7-22(25)13-17-27(29)33-32-19-18-20-10-14-23(30)15-11-20/h2-17,32-33H,18-19H2,1H3. The minimum Gasteiger partial charge on any atom is -0.496 e. The van der Waals surface area contributed by atoms with Crippen LogP contribution >= 0.6 is 28.1 Å². The fourth-order valence-electron chi connectivity index (χ4n) is 4.34. The fraction of sp³-hybridized carbons (Fsp3) is 0.103. The van der Waals surface area contributed by atoms with Crippen LogP contribution in [0.2, 0.25) is 5.02 Å². The Hall–Kier alpha value is -2.43. The zero-order valence-electron chi connectivity index (χ0n) is 18.4. The number of hydrogen-bond acceptors (Lipinski definition) is 1. The number of rotatable bonds is 7. The maximum atomic E-state index is 6.04. The molecule has 0 aliphatic heterocycles. The zero-order chi connectivity index (χ0) is 22.6. The van der Waals surface area contributed by atoms with Crippen molar-refractivity contribution in [3.63, 3.8) is 0 Å². The summed E-state index contributed by atoms with van der Waals surface area (Å²) >= 11 is 6.04. The lowest BCUT2D eigenvalue weighted by molar-refractivity contribution is 0.417. The Morgan fingerprint density at radius 2 is 1.33 bits per heavy atom. The van der Waals surface area contributed by atoms with Crippen molar-refractivity contribution in [3.05, 3.63) is 108 Å². The molecule has 0 radical (unpaired) electrons. The summed E-state index contributed by atoms with van der Waals surface area (Å²) in [7, 11) is 3.40. The van der Waals surface area contributed by atoms with Crippen molar-refractivity contribution in [2.24, 2.45) is 0 Å². The molecule has 0 saturated heterocycles. The average molecular weight is 487 g/mol. The molecule has 0 amide bonds. The Bertz CT molecular complexity index is 1410. The topological polar surface area (TPSA) is 9.23 Å². The van der Waals surface area contributed by atoms with Gasteiger partial charge in [0.15, 0.2) is 0 Å². The number of methoxy groups -OCH3 is 1. The second-order valence-electron chi connectivity index (χ2n) is 8.00. The van der Waals surface area contributed by atoms with E-state index in [4.69, 9.17) is 16.3 Å². The molecule has 0 heterocycles. The van der Waals surface area contributed by atoms with Crippen molar-refractivity contribution >= 4 is 55.0 Å². The van der Waals surface area contributed by atoms with Gasteiger partial charge in [0.25, 0.3) is 0 Å². The number of ether oxygens (including phenoxy) is 1. The van der Waals surface area contributed by atoms with Crippen molar-refractivity contribution in [2.75, 3.05) is 13.3 Å². The third-order valence-electron chi connectivity index (χ3n) is 5.96. The van der Waals surface area contributed by atoms with Gasteiger partial charge in [-0.15, -0.1) is 0 Å². The zero-order valence-corrected chi connectivity index (χ0v) is 21.2. The summed E-state index contributed by atoms with van der Waals surface area (Å²) in [6.07, 6.45) is 2.27. The minimum absolute atomic E-state index is 0.757. The van der Waals surface area contributed by atoms with Crippen LogP contribution in [0.5, 0.6) is 5.75 Å². The SMILES string of the molecule is COc1ccc2ccccc2c1-c1c(PPCCc2ccc(Cl)cc2)ccc2ccccc12. The van der Waals surface area contributed by atoms with E-state index in [-0.39, 0.29) is 0 Å². The molecule has 5 rings (SSSR count). The first-order chi connectivity index (χ1) is 16.2. The van der Waals surface area contributed by atoms with Crippen molar-refractivity contribution in [2.45, 2.75) is 6.42 Å². The first-order valence-electron chi connectivity index (χ1n) is 11.1. The fourth-order valence-corrected chi connectivity index (χ4v) is 7.69. The maximum Gasteiger partial charge on any atom is 0.127 e. The Kier molecular flexibility index (Phi) is 6.93. The van der Waals surface area contributed by atoms with E-state index in [2.05, 4.69) is 84.9 Å². The van der Waals surface area contributed by atoms with Crippen LogP contribution in [0.25, 0.3) is 32.7 Å².